The smallest absolute Gasteiger partial charge is 0.193 e. The number of nitrogens with zero attached hydrogens (tertiary/aromatic N) is 1. The second-order valence-corrected chi connectivity index (χ2v) is 4.72. The molecule has 20 heavy (non-hydrogen) atoms. The number of carbonyl (C=O) groups excluding carboxylic acids is 1. The van der Waals surface area contributed by atoms with E-state index in [0.29, 0.717) is 11.1 Å². The fourth-order valence-electron chi connectivity index (χ4n) is 2.32. The third-order valence-corrected chi connectivity index (χ3v) is 3.20. The van der Waals surface area contributed by atoms with Crippen LogP contribution >= 0.6 is 0 Å². The summed E-state index contributed by atoms with van der Waals surface area (Å²) >= 11 is 0. The number of rotatable bonds is 2. The number of benzene rings is 2. The van der Waals surface area contributed by atoms with Crippen molar-refractivity contribution >= 4 is 16.7 Å². The number of pyridine rings is 1. The van der Waals surface area contributed by atoms with Crippen molar-refractivity contribution in [2.75, 3.05) is 0 Å². The molecule has 0 unspecified atom stereocenters. The molecule has 0 fully saturated rings. The summed E-state index contributed by atoms with van der Waals surface area (Å²) in [4.78, 5) is 16.8. The Bertz CT molecular complexity index is 785. The minimum atomic E-state index is -0.397. The van der Waals surface area contributed by atoms with Gasteiger partial charge in [0.1, 0.15) is 5.82 Å². The lowest BCUT2D eigenvalue weighted by molar-refractivity contribution is 0.103. The average Bonchev–Trinajstić information content (AvgIpc) is 2.45. The van der Waals surface area contributed by atoms with E-state index in [1.165, 1.54) is 12.1 Å². The number of para-hydroxylation sites is 1. The predicted molar refractivity (Wildman–Crippen MR) is 76.3 cm³/mol. The van der Waals surface area contributed by atoms with Crippen LogP contribution in [-0.2, 0) is 0 Å². The van der Waals surface area contributed by atoms with E-state index in [1.807, 2.05) is 24.3 Å². The van der Waals surface area contributed by atoms with Crippen LogP contribution in [0.4, 0.5) is 4.39 Å². The fraction of sp³-hybridized carbons (Fsp3) is 0.0588. The number of carbonyl (C=O) groups is 1. The van der Waals surface area contributed by atoms with Crippen LogP contribution in [-0.4, -0.2) is 10.8 Å². The minimum absolute atomic E-state index is 0.189. The molecule has 0 bridgehead atoms. The number of hydrogen-bond donors (Lipinski definition) is 0. The molecule has 98 valence electrons. The molecule has 0 N–H and O–H groups in total. The summed E-state index contributed by atoms with van der Waals surface area (Å²) in [6.45, 7) is 1.77. The molecule has 3 aromatic rings. The molecule has 2 aromatic carbocycles. The van der Waals surface area contributed by atoms with Crippen LogP contribution in [0.1, 0.15) is 21.5 Å². The van der Waals surface area contributed by atoms with Gasteiger partial charge >= 0.3 is 0 Å². The number of fused-ring (bicyclic) bond motifs is 1. The number of hydrogen-bond acceptors (Lipinski definition) is 2. The molecule has 0 amide bonds. The highest BCUT2D eigenvalue weighted by atomic mass is 19.1. The zero-order valence-corrected chi connectivity index (χ0v) is 10.9. The Labute approximate surface area is 115 Å². The maximum Gasteiger partial charge on any atom is 0.193 e. The normalized spacial score (nSPS) is 10.7. The first-order valence-electron chi connectivity index (χ1n) is 6.31. The molecule has 3 heteroatoms. The molecule has 3 rings (SSSR count). The van der Waals surface area contributed by atoms with Gasteiger partial charge in [-0.15, -0.1) is 0 Å². The second-order valence-electron chi connectivity index (χ2n) is 4.72. The highest BCUT2D eigenvalue weighted by molar-refractivity contribution is 6.15. The summed E-state index contributed by atoms with van der Waals surface area (Å²) in [5.41, 5.74) is 2.39. The molecular weight excluding hydrogens is 253 g/mol. The van der Waals surface area contributed by atoms with Gasteiger partial charge in [0.15, 0.2) is 5.78 Å². The molecule has 0 aliphatic rings. The zero-order chi connectivity index (χ0) is 14.1. The number of halogens is 1. The zero-order valence-electron chi connectivity index (χ0n) is 10.9. The van der Waals surface area contributed by atoms with Gasteiger partial charge in [-0.05, 0) is 42.8 Å². The van der Waals surface area contributed by atoms with Crippen molar-refractivity contribution in [3.8, 4) is 0 Å². The second kappa shape index (κ2) is 4.85. The van der Waals surface area contributed by atoms with Gasteiger partial charge in [-0.1, -0.05) is 18.2 Å². The highest BCUT2D eigenvalue weighted by Gasteiger charge is 2.13. The molecule has 0 aliphatic heterocycles. The largest absolute Gasteiger partial charge is 0.289 e. The van der Waals surface area contributed by atoms with Crippen molar-refractivity contribution in [1.82, 2.24) is 4.98 Å². The first-order chi connectivity index (χ1) is 9.65. The van der Waals surface area contributed by atoms with Crippen molar-refractivity contribution in [2.45, 2.75) is 6.92 Å². The van der Waals surface area contributed by atoms with E-state index in [4.69, 9.17) is 0 Å². The fourth-order valence-corrected chi connectivity index (χ4v) is 2.32. The standard InChI is InChI=1S/C17H12FNO/c1-11-8-12(10-13(18)9-11)17(20)15-6-7-19-16-5-3-2-4-14(15)16/h2-10H,1H3. The van der Waals surface area contributed by atoms with Crippen molar-refractivity contribution in [3.63, 3.8) is 0 Å². The topological polar surface area (TPSA) is 30.0 Å². The SMILES string of the molecule is Cc1cc(F)cc(C(=O)c2ccnc3ccccc23)c1. The van der Waals surface area contributed by atoms with Crippen molar-refractivity contribution in [2.24, 2.45) is 0 Å². The van der Waals surface area contributed by atoms with E-state index in [9.17, 15) is 9.18 Å². The van der Waals surface area contributed by atoms with Gasteiger partial charge < -0.3 is 0 Å². The maximum absolute atomic E-state index is 13.5. The van der Waals surface area contributed by atoms with Gasteiger partial charge in [0, 0.05) is 22.7 Å². The Kier molecular flexibility index (Phi) is 3.03. The Hall–Kier alpha value is -2.55. The average molecular weight is 265 g/mol. The molecule has 0 saturated carbocycles. The number of aryl methyl sites for hydroxylation is 1. The molecular formula is C17H12FNO. The van der Waals surface area contributed by atoms with E-state index in [2.05, 4.69) is 4.98 Å². The monoisotopic (exact) mass is 265 g/mol. The molecule has 1 heterocycles. The Morgan fingerprint density at radius 2 is 1.90 bits per heavy atom. The van der Waals surface area contributed by atoms with Gasteiger partial charge in [-0.2, -0.15) is 0 Å². The lowest BCUT2D eigenvalue weighted by Gasteiger charge is -2.06. The van der Waals surface area contributed by atoms with Gasteiger partial charge in [0.05, 0.1) is 5.52 Å². The van der Waals surface area contributed by atoms with E-state index in [0.717, 1.165) is 16.5 Å². The number of ketones is 1. The molecule has 2 nitrogen and oxygen atoms in total. The predicted octanol–water partition coefficient (Wildman–Crippen LogP) is 3.91. The van der Waals surface area contributed by atoms with Crippen molar-refractivity contribution in [1.29, 1.82) is 0 Å². The molecule has 0 saturated heterocycles. The lowest BCUT2D eigenvalue weighted by atomic mass is 9.98. The molecule has 0 radical (unpaired) electrons. The quantitative estimate of drug-likeness (QED) is 0.657. The van der Waals surface area contributed by atoms with E-state index >= 15 is 0 Å². The van der Waals surface area contributed by atoms with Crippen LogP contribution in [0.5, 0.6) is 0 Å². The van der Waals surface area contributed by atoms with E-state index < -0.39 is 5.82 Å². The number of aromatic nitrogens is 1. The summed E-state index contributed by atoms with van der Waals surface area (Å²) in [6, 6.07) is 13.5. The molecule has 0 atom stereocenters. The van der Waals surface area contributed by atoms with E-state index in [1.54, 1.807) is 25.3 Å². The van der Waals surface area contributed by atoms with E-state index in [-0.39, 0.29) is 5.78 Å². The van der Waals surface area contributed by atoms with Gasteiger partial charge in [0.25, 0.3) is 0 Å². The van der Waals surface area contributed by atoms with Gasteiger partial charge in [-0.3, -0.25) is 9.78 Å². The summed E-state index contributed by atoms with van der Waals surface area (Å²) in [7, 11) is 0. The summed E-state index contributed by atoms with van der Waals surface area (Å²) in [6.07, 6.45) is 1.60. The van der Waals surface area contributed by atoms with Crippen LogP contribution in [0.15, 0.2) is 54.7 Å². The Balaban J connectivity index is 2.17. The van der Waals surface area contributed by atoms with Gasteiger partial charge in [0.2, 0.25) is 0 Å². The molecule has 0 spiro atoms. The third kappa shape index (κ3) is 2.18. The lowest BCUT2D eigenvalue weighted by Crippen LogP contribution is -2.03. The first kappa shape index (κ1) is 12.5. The Morgan fingerprint density at radius 1 is 1.10 bits per heavy atom. The summed E-state index contributed by atoms with van der Waals surface area (Å²) < 4.78 is 13.5. The minimum Gasteiger partial charge on any atom is -0.289 e. The van der Waals surface area contributed by atoms with Crippen LogP contribution in [0.3, 0.4) is 0 Å². The van der Waals surface area contributed by atoms with Gasteiger partial charge in [-0.25, -0.2) is 4.39 Å². The van der Waals surface area contributed by atoms with Crippen LogP contribution in [0.25, 0.3) is 10.9 Å². The molecule has 0 aliphatic carbocycles. The highest BCUT2D eigenvalue weighted by Crippen LogP contribution is 2.20. The first-order valence-corrected chi connectivity index (χ1v) is 6.31. The molecule has 1 aromatic heterocycles. The van der Waals surface area contributed by atoms with Crippen LogP contribution in [0, 0.1) is 12.7 Å². The summed E-state index contributed by atoms with van der Waals surface area (Å²) in [5.74, 6) is -0.585. The van der Waals surface area contributed by atoms with Crippen molar-refractivity contribution < 1.29 is 9.18 Å². The van der Waals surface area contributed by atoms with Crippen LogP contribution < -0.4 is 0 Å². The summed E-state index contributed by atoms with van der Waals surface area (Å²) in [5, 5.41) is 0.780. The Morgan fingerprint density at radius 3 is 2.70 bits per heavy atom. The maximum atomic E-state index is 13.5. The third-order valence-electron chi connectivity index (χ3n) is 3.20. The van der Waals surface area contributed by atoms with Crippen LogP contribution in [0.2, 0.25) is 0 Å². The van der Waals surface area contributed by atoms with Crippen molar-refractivity contribution in [3.05, 3.63) is 77.2 Å².